The fourth-order valence-corrected chi connectivity index (χ4v) is 1.55. The van der Waals surface area contributed by atoms with E-state index in [4.69, 9.17) is 0 Å². The first kappa shape index (κ1) is 13.7. The Bertz CT molecular complexity index is 342. The standard InChI is InChI=1S/C12H20N2O3/c1-7(2)10(12(16)17-4)14-11(15)8(3)9-5-13-6-9/h7,10,13H,5-6H2,1-4H3,(H,14,15). The van der Waals surface area contributed by atoms with Gasteiger partial charge >= 0.3 is 5.97 Å². The number of hydrogen-bond acceptors (Lipinski definition) is 4. The predicted molar refractivity (Wildman–Crippen MR) is 64.4 cm³/mol. The summed E-state index contributed by atoms with van der Waals surface area (Å²) in [5.41, 5.74) is 1.79. The van der Waals surface area contributed by atoms with Crippen LogP contribution in [0.1, 0.15) is 20.8 Å². The zero-order valence-corrected chi connectivity index (χ0v) is 10.8. The van der Waals surface area contributed by atoms with Gasteiger partial charge in [0.1, 0.15) is 6.04 Å². The molecule has 1 amide bonds. The highest BCUT2D eigenvalue weighted by atomic mass is 16.5. The summed E-state index contributed by atoms with van der Waals surface area (Å²) in [5, 5.41) is 5.79. The first-order valence-corrected chi connectivity index (χ1v) is 5.75. The molecular formula is C12H20N2O3. The quantitative estimate of drug-likeness (QED) is 0.545. The Balaban J connectivity index is 2.67. The molecule has 1 atom stereocenters. The Labute approximate surface area is 102 Å². The molecule has 2 N–H and O–H groups in total. The van der Waals surface area contributed by atoms with Crippen molar-refractivity contribution in [3.8, 4) is 0 Å². The molecule has 5 nitrogen and oxygen atoms in total. The summed E-state index contributed by atoms with van der Waals surface area (Å²) >= 11 is 0. The van der Waals surface area contributed by atoms with Crippen molar-refractivity contribution >= 4 is 11.9 Å². The Morgan fingerprint density at radius 1 is 1.35 bits per heavy atom. The van der Waals surface area contributed by atoms with E-state index in [1.54, 1.807) is 6.92 Å². The smallest absolute Gasteiger partial charge is 0.328 e. The second-order valence-electron chi connectivity index (χ2n) is 4.55. The minimum absolute atomic E-state index is 0.00344. The molecule has 0 saturated carbocycles. The van der Waals surface area contributed by atoms with Crippen LogP contribution < -0.4 is 10.6 Å². The molecule has 0 aliphatic carbocycles. The monoisotopic (exact) mass is 240 g/mol. The van der Waals surface area contributed by atoms with E-state index in [-0.39, 0.29) is 11.8 Å². The van der Waals surface area contributed by atoms with Gasteiger partial charge in [-0.25, -0.2) is 4.79 Å². The van der Waals surface area contributed by atoms with Crippen LogP contribution in [-0.2, 0) is 14.3 Å². The molecule has 1 aliphatic heterocycles. The van der Waals surface area contributed by atoms with Gasteiger partial charge < -0.3 is 15.4 Å². The number of ether oxygens (including phenoxy) is 1. The normalized spacial score (nSPS) is 16.2. The maximum absolute atomic E-state index is 11.9. The van der Waals surface area contributed by atoms with Crippen molar-refractivity contribution in [1.82, 2.24) is 10.6 Å². The van der Waals surface area contributed by atoms with Gasteiger partial charge in [-0.1, -0.05) is 13.8 Å². The van der Waals surface area contributed by atoms with Crippen LogP contribution >= 0.6 is 0 Å². The zero-order valence-electron chi connectivity index (χ0n) is 10.8. The number of nitrogens with one attached hydrogen (secondary N) is 2. The minimum Gasteiger partial charge on any atom is -0.467 e. The molecule has 0 aromatic carbocycles. The maximum atomic E-state index is 11.9. The lowest BCUT2D eigenvalue weighted by Gasteiger charge is -2.24. The van der Waals surface area contributed by atoms with Crippen LogP contribution in [0.4, 0.5) is 0 Å². The first-order chi connectivity index (χ1) is 7.97. The van der Waals surface area contributed by atoms with Gasteiger partial charge in [0.25, 0.3) is 0 Å². The molecule has 96 valence electrons. The number of carbonyl (C=O) groups is 2. The SMILES string of the molecule is COC(=O)C(NC(=O)C(C)=C1CNC1)C(C)C. The summed E-state index contributed by atoms with van der Waals surface area (Å²) in [6.45, 7) is 7.03. The van der Waals surface area contributed by atoms with Gasteiger partial charge in [-0.15, -0.1) is 0 Å². The van der Waals surface area contributed by atoms with Crippen LogP contribution in [0.5, 0.6) is 0 Å². The van der Waals surface area contributed by atoms with E-state index in [9.17, 15) is 9.59 Å². The van der Waals surface area contributed by atoms with E-state index in [2.05, 4.69) is 15.4 Å². The Kier molecular flexibility index (Phi) is 4.69. The summed E-state index contributed by atoms with van der Waals surface area (Å²) in [5.74, 6) is -0.591. The van der Waals surface area contributed by atoms with Crippen LogP contribution in [0.15, 0.2) is 11.1 Å². The number of hydrogen-bond donors (Lipinski definition) is 2. The van der Waals surface area contributed by atoms with Crippen LogP contribution in [-0.4, -0.2) is 38.1 Å². The number of amides is 1. The van der Waals surface area contributed by atoms with Gasteiger partial charge in [0, 0.05) is 18.7 Å². The number of methoxy groups -OCH3 is 1. The molecule has 0 radical (unpaired) electrons. The van der Waals surface area contributed by atoms with Gasteiger partial charge in [-0.3, -0.25) is 4.79 Å². The van der Waals surface area contributed by atoms with Crippen molar-refractivity contribution in [3.63, 3.8) is 0 Å². The van der Waals surface area contributed by atoms with Crippen molar-refractivity contribution in [2.45, 2.75) is 26.8 Å². The first-order valence-electron chi connectivity index (χ1n) is 5.75. The van der Waals surface area contributed by atoms with Crippen molar-refractivity contribution < 1.29 is 14.3 Å². The number of carbonyl (C=O) groups excluding carboxylic acids is 2. The van der Waals surface area contributed by atoms with Crippen LogP contribution in [0.3, 0.4) is 0 Å². The van der Waals surface area contributed by atoms with E-state index < -0.39 is 12.0 Å². The van der Waals surface area contributed by atoms with E-state index >= 15 is 0 Å². The van der Waals surface area contributed by atoms with Crippen molar-refractivity contribution in [2.75, 3.05) is 20.2 Å². The number of rotatable bonds is 4. The van der Waals surface area contributed by atoms with Crippen molar-refractivity contribution in [1.29, 1.82) is 0 Å². The van der Waals surface area contributed by atoms with Crippen molar-refractivity contribution in [3.05, 3.63) is 11.1 Å². The molecule has 1 heterocycles. The fraction of sp³-hybridized carbons (Fsp3) is 0.667. The molecule has 1 fully saturated rings. The Morgan fingerprint density at radius 3 is 2.29 bits per heavy atom. The Morgan fingerprint density at radius 2 is 1.94 bits per heavy atom. The van der Waals surface area contributed by atoms with Crippen molar-refractivity contribution in [2.24, 2.45) is 5.92 Å². The molecule has 17 heavy (non-hydrogen) atoms. The molecule has 0 spiro atoms. The van der Waals surface area contributed by atoms with Crippen LogP contribution in [0.25, 0.3) is 0 Å². The summed E-state index contributed by atoms with van der Waals surface area (Å²) in [6.07, 6.45) is 0. The summed E-state index contributed by atoms with van der Waals surface area (Å²) < 4.78 is 4.67. The molecular weight excluding hydrogens is 220 g/mol. The lowest BCUT2D eigenvalue weighted by atomic mass is 10.0. The van der Waals surface area contributed by atoms with E-state index in [1.165, 1.54) is 7.11 Å². The largest absolute Gasteiger partial charge is 0.467 e. The molecule has 5 heteroatoms. The lowest BCUT2D eigenvalue weighted by molar-refractivity contribution is -0.145. The molecule has 0 bridgehead atoms. The van der Waals surface area contributed by atoms with Gasteiger partial charge in [0.15, 0.2) is 0 Å². The average molecular weight is 240 g/mol. The van der Waals surface area contributed by atoms with Gasteiger partial charge in [-0.2, -0.15) is 0 Å². The highest BCUT2D eigenvalue weighted by Gasteiger charge is 2.26. The highest BCUT2D eigenvalue weighted by Crippen LogP contribution is 2.10. The van der Waals surface area contributed by atoms with E-state index in [1.807, 2.05) is 13.8 Å². The number of esters is 1. The molecule has 0 aromatic rings. The third kappa shape index (κ3) is 3.30. The van der Waals surface area contributed by atoms with Gasteiger partial charge in [-0.05, 0) is 18.4 Å². The van der Waals surface area contributed by atoms with E-state index in [0.717, 1.165) is 18.7 Å². The van der Waals surface area contributed by atoms with Crippen LogP contribution in [0, 0.1) is 5.92 Å². The third-order valence-corrected chi connectivity index (χ3v) is 2.96. The Hall–Kier alpha value is -1.36. The molecule has 1 aliphatic rings. The maximum Gasteiger partial charge on any atom is 0.328 e. The lowest BCUT2D eigenvalue weighted by Crippen LogP contribution is -2.46. The van der Waals surface area contributed by atoms with Crippen LogP contribution in [0.2, 0.25) is 0 Å². The zero-order chi connectivity index (χ0) is 13.0. The molecule has 1 rings (SSSR count). The summed E-state index contributed by atoms with van der Waals surface area (Å²) in [6, 6.07) is -0.587. The average Bonchev–Trinajstić information content (AvgIpc) is 2.21. The minimum atomic E-state index is -0.587. The van der Waals surface area contributed by atoms with E-state index in [0.29, 0.717) is 5.57 Å². The highest BCUT2D eigenvalue weighted by molar-refractivity contribution is 5.96. The third-order valence-electron chi connectivity index (χ3n) is 2.96. The van der Waals surface area contributed by atoms with Gasteiger partial charge in [0.2, 0.25) is 5.91 Å². The topological polar surface area (TPSA) is 67.4 Å². The van der Waals surface area contributed by atoms with Gasteiger partial charge in [0.05, 0.1) is 7.11 Å². The fourth-order valence-electron chi connectivity index (χ4n) is 1.55. The second-order valence-corrected chi connectivity index (χ2v) is 4.55. The summed E-state index contributed by atoms with van der Waals surface area (Å²) in [7, 11) is 1.32. The molecule has 1 unspecified atom stereocenters. The predicted octanol–water partition coefficient (Wildman–Crippen LogP) is 0.220. The summed E-state index contributed by atoms with van der Waals surface area (Å²) in [4.78, 5) is 23.4. The molecule has 0 aromatic heterocycles. The second kappa shape index (κ2) is 5.82. The molecule has 1 saturated heterocycles.